The minimum Gasteiger partial charge on any atom is -0.370 e. The van der Waals surface area contributed by atoms with Gasteiger partial charge in [0.05, 0.1) is 23.5 Å². The molecule has 3 aliphatic rings. The van der Waals surface area contributed by atoms with E-state index in [1.165, 1.54) is 30.7 Å². The third kappa shape index (κ3) is 6.38. The van der Waals surface area contributed by atoms with Crippen LogP contribution in [0.1, 0.15) is 44.6 Å². The Kier molecular flexibility index (Phi) is 8.91. The number of imidazole rings is 1. The molecule has 17 heteroatoms. The molecule has 2 N–H and O–H groups in total. The van der Waals surface area contributed by atoms with Gasteiger partial charge in [-0.1, -0.05) is 40.2 Å². The molecular formula is C38H37BrF3N9O4. The molecule has 3 aliphatic heterocycles. The molecule has 0 unspecified atom stereocenters. The Morgan fingerprint density at radius 2 is 1.67 bits per heavy atom. The Labute approximate surface area is 321 Å². The molecule has 286 valence electrons. The van der Waals surface area contributed by atoms with Crippen molar-refractivity contribution < 1.29 is 22.8 Å². The molecule has 5 aromatic rings. The summed E-state index contributed by atoms with van der Waals surface area (Å²) >= 11 is 2.93. The second-order valence-corrected chi connectivity index (χ2v) is 15.6. The van der Waals surface area contributed by atoms with Crippen LogP contribution in [0.2, 0.25) is 0 Å². The number of anilines is 1. The summed E-state index contributed by atoms with van der Waals surface area (Å²) in [7, 11) is 3.68. The molecule has 0 saturated carbocycles. The Hall–Kier alpha value is -5.42. The van der Waals surface area contributed by atoms with Crippen LogP contribution in [0.25, 0.3) is 17.1 Å². The van der Waals surface area contributed by atoms with Crippen LogP contribution in [-0.4, -0.2) is 84.8 Å². The molecule has 1 atom stereocenters. The summed E-state index contributed by atoms with van der Waals surface area (Å²) in [5.41, 5.74) is 1.20. The molecule has 0 bridgehead atoms. The summed E-state index contributed by atoms with van der Waals surface area (Å²) < 4.78 is 45.3. The Morgan fingerprint density at radius 1 is 0.982 bits per heavy atom. The van der Waals surface area contributed by atoms with Gasteiger partial charge in [0.25, 0.3) is 11.8 Å². The van der Waals surface area contributed by atoms with Crippen LogP contribution in [0.15, 0.2) is 80.8 Å². The van der Waals surface area contributed by atoms with Gasteiger partial charge in [0, 0.05) is 79.1 Å². The van der Waals surface area contributed by atoms with Crippen LogP contribution in [0.4, 0.5) is 18.9 Å². The molecular weight excluding hydrogens is 783 g/mol. The summed E-state index contributed by atoms with van der Waals surface area (Å²) in [6.07, 6.45) is -4.70. The van der Waals surface area contributed by atoms with Gasteiger partial charge < -0.3 is 20.0 Å². The average Bonchev–Trinajstić information content (AvgIpc) is 3.61. The Balaban J connectivity index is 1.15. The lowest BCUT2D eigenvalue weighted by Crippen LogP contribution is -2.71. The third-order valence-electron chi connectivity index (χ3n) is 10.9. The second-order valence-electron chi connectivity index (χ2n) is 14.8. The first-order valence-corrected chi connectivity index (χ1v) is 18.5. The molecule has 0 radical (unpaired) electrons. The van der Waals surface area contributed by atoms with Crippen molar-refractivity contribution in [3.05, 3.63) is 120 Å². The molecule has 0 aliphatic carbocycles. The van der Waals surface area contributed by atoms with Crippen LogP contribution >= 0.6 is 15.9 Å². The number of likely N-dealkylation sites (tertiary alicyclic amines) is 1. The number of nitrogens with one attached hydrogen (secondary N) is 2. The van der Waals surface area contributed by atoms with Gasteiger partial charge in [-0.3, -0.25) is 23.3 Å². The van der Waals surface area contributed by atoms with Crippen molar-refractivity contribution in [2.75, 3.05) is 38.1 Å². The Morgan fingerprint density at radius 3 is 2.33 bits per heavy atom. The zero-order valence-electron chi connectivity index (χ0n) is 30.2. The fraction of sp³-hybridized carbons (Fsp3) is 0.342. The molecule has 2 amide bonds. The van der Waals surface area contributed by atoms with Crippen molar-refractivity contribution in [2.24, 2.45) is 12.5 Å². The molecule has 13 nitrogen and oxygen atoms in total. The number of carbonyl (C=O) groups is 2. The van der Waals surface area contributed by atoms with Crippen LogP contribution in [0.3, 0.4) is 0 Å². The maximum Gasteiger partial charge on any atom is 0.417 e. The predicted molar refractivity (Wildman–Crippen MR) is 201 cm³/mol. The number of H-pyrrole nitrogens is 1. The fourth-order valence-corrected chi connectivity index (χ4v) is 8.67. The largest absolute Gasteiger partial charge is 0.417 e. The highest BCUT2D eigenvalue weighted by Gasteiger charge is 2.50. The lowest BCUT2D eigenvalue weighted by atomic mass is 9.73. The van der Waals surface area contributed by atoms with Crippen molar-refractivity contribution in [3.63, 3.8) is 0 Å². The van der Waals surface area contributed by atoms with E-state index in [9.17, 15) is 32.3 Å². The van der Waals surface area contributed by atoms with Gasteiger partial charge in [-0.15, -0.1) is 0 Å². The van der Waals surface area contributed by atoms with E-state index >= 15 is 0 Å². The fourth-order valence-electron chi connectivity index (χ4n) is 8.20. The summed E-state index contributed by atoms with van der Waals surface area (Å²) in [6.45, 7) is 5.48. The summed E-state index contributed by atoms with van der Waals surface area (Å²) in [5, 5.41) is 9.49. The number of rotatable bonds is 7. The molecule has 2 saturated heterocycles. The van der Waals surface area contributed by atoms with E-state index in [-0.39, 0.29) is 41.1 Å². The van der Waals surface area contributed by atoms with E-state index in [0.29, 0.717) is 28.1 Å². The molecule has 8 rings (SSSR count). The van der Waals surface area contributed by atoms with Crippen LogP contribution in [0.5, 0.6) is 0 Å². The minimum absolute atomic E-state index is 0.000652. The number of hydrogen-bond acceptors (Lipinski definition) is 7. The average molecular weight is 821 g/mol. The number of fused-ring (bicyclic) bond motifs is 1. The van der Waals surface area contributed by atoms with Crippen molar-refractivity contribution in [3.8, 4) is 17.1 Å². The van der Waals surface area contributed by atoms with Gasteiger partial charge >= 0.3 is 17.6 Å². The highest BCUT2D eigenvalue weighted by atomic mass is 79.9. The summed E-state index contributed by atoms with van der Waals surface area (Å²) in [6, 6.07) is 17.2. The van der Waals surface area contributed by atoms with E-state index < -0.39 is 41.0 Å². The second kappa shape index (κ2) is 13.4. The van der Waals surface area contributed by atoms with Crippen molar-refractivity contribution in [1.82, 2.24) is 39.0 Å². The SMILES string of the molecule is C[C@H]1Cn2c(c(C(=O)NCc3ccccc3-c3n[nH]c(=O)n3C)n(-c3ccc(N4CC5(CN(C)C5)C4)cc3)c2=O)CN1C(=O)c1ccc(Br)c(C(F)(F)F)c1. The Bertz CT molecular complexity index is 2450. The number of amides is 2. The number of halogens is 4. The molecule has 2 aromatic heterocycles. The number of benzene rings is 3. The number of aromatic nitrogens is 5. The maximum atomic E-state index is 14.4. The number of carbonyl (C=O) groups excluding carboxylic acids is 2. The molecule has 5 heterocycles. The summed E-state index contributed by atoms with van der Waals surface area (Å²) in [4.78, 5) is 60.7. The quantitative estimate of drug-likeness (QED) is 0.251. The van der Waals surface area contributed by atoms with E-state index in [4.69, 9.17) is 0 Å². The molecule has 3 aromatic carbocycles. The lowest BCUT2D eigenvalue weighted by molar-refractivity contribution is -0.138. The third-order valence-corrected chi connectivity index (χ3v) is 11.5. The topological polar surface area (TPSA) is 134 Å². The van der Waals surface area contributed by atoms with Gasteiger partial charge in [-0.25, -0.2) is 14.7 Å². The first-order valence-electron chi connectivity index (χ1n) is 17.7. The van der Waals surface area contributed by atoms with Crippen molar-refractivity contribution in [2.45, 2.75) is 38.8 Å². The van der Waals surface area contributed by atoms with Crippen LogP contribution < -0.4 is 21.6 Å². The highest BCUT2D eigenvalue weighted by molar-refractivity contribution is 9.10. The van der Waals surface area contributed by atoms with Gasteiger partial charge in [0.2, 0.25) is 0 Å². The standard InChI is InChI=1S/C38H37BrF3N9O4/c1-22-16-50-30(17-49(22)34(53)23-8-13-29(39)28(14-23)38(40,41)42)31(33(52)43-15-24-6-4-5-7-27(24)32-44-45-35(54)47(32)3)51(36(50)55)26-11-9-25(10-12-26)48-20-37(21-48)18-46(2)19-37/h4-14,22H,15-21H2,1-3H3,(H,43,52)(H,45,54)/t22-/m0/s1. The smallest absolute Gasteiger partial charge is 0.370 e. The molecule has 55 heavy (non-hydrogen) atoms. The van der Waals surface area contributed by atoms with Crippen molar-refractivity contribution >= 4 is 33.4 Å². The van der Waals surface area contributed by atoms with Gasteiger partial charge in [0.15, 0.2) is 5.82 Å². The molecule has 2 fully saturated rings. The highest BCUT2D eigenvalue weighted by Crippen LogP contribution is 2.41. The normalized spacial score (nSPS) is 17.8. The number of alkyl halides is 3. The van der Waals surface area contributed by atoms with Crippen molar-refractivity contribution in [1.29, 1.82) is 0 Å². The van der Waals surface area contributed by atoms with E-state index in [1.807, 2.05) is 12.1 Å². The zero-order chi connectivity index (χ0) is 39.0. The van der Waals surface area contributed by atoms with E-state index in [0.717, 1.165) is 37.9 Å². The maximum absolute atomic E-state index is 14.4. The number of aromatic amines is 1. The minimum atomic E-state index is -4.70. The summed E-state index contributed by atoms with van der Waals surface area (Å²) in [5.74, 6) is -0.907. The van der Waals surface area contributed by atoms with Gasteiger partial charge in [-0.05, 0) is 62.0 Å². The zero-order valence-corrected chi connectivity index (χ0v) is 31.7. The predicted octanol–water partition coefficient (Wildman–Crippen LogP) is 4.24. The number of hydrogen-bond donors (Lipinski definition) is 2. The van der Waals surface area contributed by atoms with Crippen LogP contribution in [-0.2, 0) is 32.9 Å². The van der Waals surface area contributed by atoms with E-state index in [1.54, 1.807) is 50.4 Å². The number of nitrogens with zero attached hydrogens (tertiary/aromatic N) is 7. The molecule has 1 spiro atoms. The van der Waals surface area contributed by atoms with E-state index in [2.05, 4.69) is 48.3 Å². The lowest BCUT2D eigenvalue weighted by Gasteiger charge is -2.60. The van der Waals surface area contributed by atoms with Crippen LogP contribution in [0, 0.1) is 5.41 Å². The van der Waals surface area contributed by atoms with Gasteiger partial charge in [-0.2, -0.15) is 18.3 Å². The first kappa shape index (κ1) is 36.6. The van der Waals surface area contributed by atoms with Gasteiger partial charge in [0.1, 0.15) is 5.69 Å². The first-order chi connectivity index (χ1) is 26.1. The monoisotopic (exact) mass is 819 g/mol.